The molecule has 4 heteroatoms. The lowest BCUT2D eigenvalue weighted by molar-refractivity contribution is 0.0281. The number of nitrogens with zero attached hydrogens (tertiary/aromatic N) is 2. The maximum Gasteiger partial charge on any atom is 0.254 e. The van der Waals surface area contributed by atoms with Crippen LogP contribution in [0.3, 0.4) is 0 Å². The number of carbonyl (C=O) groups excluding carboxylic acids is 1. The first kappa shape index (κ1) is 13.0. The van der Waals surface area contributed by atoms with Crippen molar-refractivity contribution in [2.45, 2.75) is 38.8 Å². The lowest BCUT2D eigenvalue weighted by Gasteiger charge is -2.49. The third kappa shape index (κ3) is 2.53. The number of nitrogens with one attached hydrogen (secondary N) is 1. The molecule has 18 heavy (non-hydrogen) atoms. The van der Waals surface area contributed by atoms with Crippen LogP contribution in [0.15, 0.2) is 24.5 Å². The highest BCUT2D eigenvalue weighted by atomic mass is 16.2. The Kier molecular flexibility index (Phi) is 3.15. The van der Waals surface area contributed by atoms with E-state index in [1.54, 1.807) is 24.5 Å². The minimum atomic E-state index is -0.171. The molecule has 4 nitrogen and oxygen atoms in total. The minimum absolute atomic E-state index is 0.0434. The summed E-state index contributed by atoms with van der Waals surface area (Å²) in [4.78, 5) is 18.5. The lowest BCUT2D eigenvalue weighted by atomic mass is 9.91. The highest BCUT2D eigenvalue weighted by Gasteiger charge is 2.40. The molecule has 0 saturated carbocycles. The standard InChI is InChI=1S/C14H21N3O/c1-13(2)10-17(14(3,4)9-16-13)12(18)11-5-7-15-8-6-11/h5-8,16H,9-10H2,1-4H3. The van der Waals surface area contributed by atoms with Gasteiger partial charge in [0.2, 0.25) is 0 Å². The highest BCUT2D eigenvalue weighted by Crippen LogP contribution is 2.25. The number of aromatic nitrogens is 1. The van der Waals surface area contributed by atoms with Crippen molar-refractivity contribution in [3.8, 4) is 0 Å². The highest BCUT2D eigenvalue weighted by molar-refractivity contribution is 5.94. The molecule has 1 aliphatic rings. The molecule has 98 valence electrons. The second-order valence-corrected chi connectivity index (χ2v) is 6.18. The Labute approximate surface area is 108 Å². The van der Waals surface area contributed by atoms with Gasteiger partial charge in [-0.1, -0.05) is 0 Å². The molecule has 1 amide bonds. The molecular formula is C14H21N3O. The van der Waals surface area contributed by atoms with E-state index >= 15 is 0 Å². The van der Waals surface area contributed by atoms with Crippen molar-refractivity contribution in [2.75, 3.05) is 13.1 Å². The number of carbonyl (C=O) groups is 1. The quantitative estimate of drug-likeness (QED) is 0.821. The Morgan fingerprint density at radius 1 is 1.28 bits per heavy atom. The molecular weight excluding hydrogens is 226 g/mol. The molecule has 1 aromatic heterocycles. The average Bonchev–Trinajstić information content (AvgIpc) is 2.33. The van der Waals surface area contributed by atoms with E-state index in [9.17, 15) is 4.79 Å². The van der Waals surface area contributed by atoms with Crippen LogP contribution >= 0.6 is 0 Å². The van der Waals surface area contributed by atoms with E-state index < -0.39 is 0 Å². The van der Waals surface area contributed by atoms with Gasteiger partial charge in [-0.05, 0) is 39.8 Å². The molecule has 0 radical (unpaired) electrons. The van der Waals surface area contributed by atoms with Gasteiger partial charge in [0.05, 0.1) is 5.54 Å². The molecule has 1 aliphatic heterocycles. The van der Waals surface area contributed by atoms with Crippen LogP contribution in [-0.4, -0.2) is 40.0 Å². The Morgan fingerprint density at radius 2 is 1.89 bits per heavy atom. The topological polar surface area (TPSA) is 45.2 Å². The van der Waals surface area contributed by atoms with Gasteiger partial charge >= 0.3 is 0 Å². The fraction of sp³-hybridized carbons (Fsp3) is 0.571. The van der Waals surface area contributed by atoms with Crippen LogP contribution in [0.5, 0.6) is 0 Å². The molecule has 2 heterocycles. The molecule has 1 N–H and O–H groups in total. The van der Waals surface area contributed by atoms with Gasteiger partial charge in [0.25, 0.3) is 5.91 Å². The molecule has 0 aliphatic carbocycles. The number of hydrogen-bond donors (Lipinski definition) is 1. The number of rotatable bonds is 1. The zero-order valence-corrected chi connectivity index (χ0v) is 11.5. The normalized spacial score (nSPS) is 21.7. The summed E-state index contributed by atoms with van der Waals surface area (Å²) in [5.41, 5.74) is 0.490. The van der Waals surface area contributed by atoms with Gasteiger partial charge < -0.3 is 10.2 Å². The van der Waals surface area contributed by atoms with Crippen molar-refractivity contribution in [1.82, 2.24) is 15.2 Å². The third-order valence-electron chi connectivity index (χ3n) is 3.46. The second kappa shape index (κ2) is 4.35. The van der Waals surface area contributed by atoms with Gasteiger partial charge in [0.15, 0.2) is 0 Å². The maximum atomic E-state index is 12.6. The van der Waals surface area contributed by atoms with Crippen molar-refractivity contribution < 1.29 is 4.79 Å². The number of piperazine rings is 1. The summed E-state index contributed by atoms with van der Waals surface area (Å²) in [7, 11) is 0. The van der Waals surface area contributed by atoms with Crippen LogP contribution in [0.2, 0.25) is 0 Å². The van der Waals surface area contributed by atoms with Crippen molar-refractivity contribution in [3.63, 3.8) is 0 Å². The molecule has 2 rings (SSSR count). The third-order valence-corrected chi connectivity index (χ3v) is 3.46. The van der Waals surface area contributed by atoms with E-state index in [1.165, 1.54) is 0 Å². The van der Waals surface area contributed by atoms with Crippen LogP contribution in [0, 0.1) is 0 Å². The second-order valence-electron chi connectivity index (χ2n) is 6.18. The summed E-state index contributed by atoms with van der Waals surface area (Å²) in [6, 6.07) is 3.54. The first-order chi connectivity index (χ1) is 8.32. The van der Waals surface area contributed by atoms with Crippen molar-refractivity contribution >= 4 is 5.91 Å². The first-order valence-electron chi connectivity index (χ1n) is 6.29. The van der Waals surface area contributed by atoms with E-state index in [4.69, 9.17) is 0 Å². The Morgan fingerprint density at radius 3 is 2.50 bits per heavy atom. The SMILES string of the molecule is CC1(C)CN(C(=O)c2ccncc2)C(C)(C)CN1. The van der Waals surface area contributed by atoms with Gasteiger partial charge in [-0.3, -0.25) is 9.78 Å². The number of amides is 1. The summed E-state index contributed by atoms with van der Waals surface area (Å²) in [6.07, 6.45) is 3.32. The zero-order valence-electron chi connectivity index (χ0n) is 11.5. The fourth-order valence-electron chi connectivity index (χ4n) is 2.21. The zero-order chi connectivity index (χ0) is 13.4. The van der Waals surface area contributed by atoms with Crippen LogP contribution in [0.4, 0.5) is 0 Å². The summed E-state index contributed by atoms with van der Waals surface area (Å²) >= 11 is 0. The van der Waals surface area contributed by atoms with E-state index in [0.29, 0.717) is 12.1 Å². The smallest absolute Gasteiger partial charge is 0.254 e. The summed E-state index contributed by atoms with van der Waals surface area (Å²) < 4.78 is 0. The molecule has 0 unspecified atom stereocenters. The Bertz CT molecular complexity index is 440. The van der Waals surface area contributed by atoms with Gasteiger partial charge in [-0.15, -0.1) is 0 Å². The van der Waals surface area contributed by atoms with E-state index in [2.05, 4.69) is 38.0 Å². The van der Waals surface area contributed by atoms with Crippen molar-refractivity contribution in [2.24, 2.45) is 0 Å². The predicted octanol–water partition coefficient (Wildman–Crippen LogP) is 1.68. The molecule has 0 spiro atoms. The fourth-order valence-corrected chi connectivity index (χ4v) is 2.21. The first-order valence-corrected chi connectivity index (χ1v) is 6.29. The molecule has 0 aromatic carbocycles. The van der Waals surface area contributed by atoms with Crippen LogP contribution in [0.1, 0.15) is 38.1 Å². The molecule has 1 fully saturated rings. The van der Waals surface area contributed by atoms with Crippen molar-refractivity contribution in [3.05, 3.63) is 30.1 Å². The molecule has 1 saturated heterocycles. The number of pyridine rings is 1. The van der Waals surface area contributed by atoms with E-state index in [-0.39, 0.29) is 17.0 Å². The predicted molar refractivity (Wildman–Crippen MR) is 71.4 cm³/mol. The van der Waals surface area contributed by atoms with Crippen molar-refractivity contribution in [1.29, 1.82) is 0 Å². The molecule has 1 aromatic rings. The van der Waals surface area contributed by atoms with Crippen LogP contribution < -0.4 is 5.32 Å². The van der Waals surface area contributed by atoms with Gasteiger partial charge in [-0.25, -0.2) is 0 Å². The summed E-state index contributed by atoms with van der Waals surface area (Å²) in [6.45, 7) is 9.94. The van der Waals surface area contributed by atoms with E-state index in [1.807, 2.05) is 4.90 Å². The Hall–Kier alpha value is -1.42. The summed E-state index contributed by atoms with van der Waals surface area (Å²) in [5, 5.41) is 3.48. The largest absolute Gasteiger partial charge is 0.330 e. The minimum Gasteiger partial charge on any atom is -0.330 e. The average molecular weight is 247 g/mol. The monoisotopic (exact) mass is 247 g/mol. The van der Waals surface area contributed by atoms with Gasteiger partial charge in [0, 0.05) is 36.6 Å². The van der Waals surface area contributed by atoms with Gasteiger partial charge in [-0.2, -0.15) is 0 Å². The van der Waals surface area contributed by atoms with Crippen LogP contribution in [0.25, 0.3) is 0 Å². The van der Waals surface area contributed by atoms with Gasteiger partial charge in [0.1, 0.15) is 0 Å². The van der Waals surface area contributed by atoms with E-state index in [0.717, 1.165) is 6.54 Å². The Balaban J connectivity index is 2.27. The maximum absolute atomic E-state index is 12.6. The lowest BCUT2D eigenvalue weighted by Crippen LogP contribution is -2.67. The van der Waals surface area contributed by atoms with Crippen LogP contribution in [-0.2, 0) is 0 Å². The number of hydrogen-bond acceptors (Lipinski definition) is 3. The molecule has 0 bridgehead atoms. The molecule has 0 atom stereocenters. The summed E-state index contributed by atoms with van der Waals surface area (Å²) in [5.74, 6) is 0.0805.